The molecule has 2 aromatic rings. The summed E-state index contributed by atoms with van der Waals surface area (Å²) in [5, 5.41) is 2.39. The number of para-hydroxylation sites is 2. The minimum Gasteiger partial charge on any atom is -0.351 e. The molecule has 2 rings (SSSR count). The van der Waals surface area contributed by atoms with Crippen LogP contribution in [0, 0.1) is 5.92 Å². The standard InChI is InChI=1S/C16H20N4O2S/c1-4-9-20-12-8-6-5-7-11(12)18-16(20)23-13(10(2)3)14(21)19-15(17)22/h4-8,10,13H,1,9H2,2-3H3,(H3,17,19,21,22). The number of nitrogens with one attached hydrogen (secondary N) is 1. The first-order chi connectivity index (χ1) is 10.9. The zero-order chi connectivity index (χ0) is 17.0. The van der Waals surface area contributed by atoms with E-state index in [4.69, 9.17) is 5.73 Å². The third-order valence-electron chi connectivity index (χ3n) is 3.27. The molecule has 1 aromatic heterocycles. The number of allylic oxidation sites excluding steroid dienone is 1. The Labute approximate surface area is 139 Å². The van der Waals surface area contributed by atoms with Crippen molar-refractivity contribution in [1.29, 1.82) is 0 Å². The molecule has 0 fully saturated rings. The second-order valence-corrected chi connectivity index (χ2v) is 6.53. The number of urea groups is 1. The minimum atomic E-state index is -0.846. The van der Waals surface area contributed by atoms with Crippen LogP contribution in [-0.2, 0) is 11.3 Å². The molecule has 1 atom stereocenters. The van der Waals surface area contributed by atoms with Crippen LogP contribution in [0.25, 0.3) is 11.0 Å². The number of rotatable bonds is 6. The summed E-state index contributed by atoms with van der Waals surface area (Å²) < 4.78 is 2.00. The smallest absolute Gasteiger partial charge is 0.318 e. The molecule has 0 radical (unpaired) electrons. The van der Waals surface area contributed by atoms with E-state index in [1.807, 2.05) is 42.7 Å². The van der Waals surface area contributed by atoms with E-state index < -0.39 is 17.2 Å². The Balaban J connectivity index is 2.37. The number of carbonyl (C=O) groups excluding carboxylic acids is 2. The van der Waals surface area contributed by atoms with Crippen molar-refractivity contribution >= 4 is 34.7 Å². The van der Waals surface area contributed by atoms with Crippen molar-refractivity contribution in [2.45, 2.75) is 30.8 Å². The molecule has 6 nitrogen and oxygen atoms in total. The van der Waals surface area contributed by atoms with Crippen LogP contribution in [0.1, 0.15) is 13.8 Å². The molecular weight excluding hydrogens is 312 g/mol. The molecule has 0 aliphatic heterocycles. The summed E-state index contributed by atoms with van der Waals surface area (Å²) in [7, 11) is 0. The van der Waals surface area contributed by atoms with E-state index in [9.17, 15) is 9.59 Å². The molecule has 7 heteroatoms. The minimum absolute atomic E-state index is 0.0105. The number of nitrogens with two attached hydrogens (primary N) is 1. The number of imidazole rings is 1. The summed E-state index contributed by atoms with van der Waals surface area (Å²) in [6, 6.07) is 6.91. The molecule has 1 aromatic carbocycles. The lowest BCUT2D eigenvalue weighted by Gasteiger charge is -2.18. The molecule has 122 valence electrons. The first-order valence-electron chi connectivity index (χ1n) is 7.27. The van der Waals surface area contributed by atoms with Gasteiger partial charge in [-0.3, -0.25) is 10.1 Å². The van der Waals surface area contributed by atoms with E-state index >= 15 is 0 Å². The predicted molar refractivity (Wildman–Crippen MR) is 92.1 cm³/mol. The summed E-state index contributed by atoms with van der Waals surface area (Å²) in [5.41, 5.74) is 6.88. The number of fused-ring (bicyclic) bond motifs is 1. The van der Waals surface area contributed by atoms with Crippen molar-refractivity contribution in [2.75, 3.05) is 0 Å². The number of aromatic nitrogens is 2. The quantitative estimate of drug-likeness (QED) is 0.628. The largest absolute Gasteiger partial charge is 0.351 e. The van der Waals surface area contributed by atoms with E-state index in [0.29, 0.717) is 11.7 Å². The molecule has 1 heterocycles. The Morgan fingerprint density at radius 3 is 2.74 bits per heavy atom. The Morgan fingerprint density at radius 1 is 1.43 bits per heavy atom. The van der Waals surface area contributed by atoms with Crippen LogP contribution >= 0.6 is 11.8 Å². The van der Waals surface area contributed by atoms with Gasteiger partial charge < -0.3 is 10.3 Å². The average molecular weight is 332 g/mol. The van der Waals surface area contributed by atoms with Gasteiger partial charge in [0.05, 0.1) is 16.3 Å². The Bertz CT molecular complexity index is 739. The Hall–Kier alpha value is -2.28. The van der Waals surface area contributed by atoms with Gasteiger partial charge in [-0.05, 0) is 18.1 Å². The van der Waals surface area contributed by atoms with Gasteiger partial charge in [0.2, 0.25) is 5.91 Å². The molecule has 0 aliphatic carbocycles. The molecule has 3 N–H and O–H groups in total. The summed E-state index contributed by atoms with van der Waals surface area (Å²) >= 11 is 1.32. The second kappa shape index (κ2) is 7.32. The number of primary amides is 1. The van der Waals surface area contributed by atoms with Crippen molar-refractivity contribution in [3.63, 3.8) is 0 Å². The zero-order valence-electron chi connectivity index (χ0n) is 13.2. The number of thioether (sulfide) groups is 1. The summed E-state index contributed by atoms with van der Waals surface area (Å²) in [4.78, 5) is 27.7. The van der Waals surface area contributed by atoms with E-state index in [2.05, 4.69) is 16.9 Å². The molecule has 0 bridgehead atoms. The topological polar surface area (TPSA) is 90.0 Å². The first kappa shape index (κ1) is 17.1. The third kappa shape index (κ3) is 3.92. The number of amides is 3. The van der Waals surface area contributed by atoms with Crippen LogP contribution in [0.2, 0.25) is 0 Å². The van der Waals surface area contributed by atoms with Crippen LogP contribution in [0.4, 0.5) is 4.79 Å². The molecule has 1 unspecified atom stereocenters. The van der Waals surface area contributed by atoms with Crippen molar-refractivity contribution in [2.24, 2.45) is 11.7 Å². The molecule has 0 saturated carbocycles. The van der Waals surface area contributed by atoms with Gasteiger partial charge in [-0.1, -0.05) is 43.8 Å². The van der Waals surface area contributed by atoms with Crippen molar-refractivity contribution in [3.8, 4) is 0 Å². The van der Waals surface area contributed by atoms with Crippen molar-refractivity contribution < 1.29 is 9.59 Å². The highest BCUT2D eigenvalue weighted by Gasteiger charge is 2.27. The van der Waals surface area contributed by atoms with Gasteiger partial charge >= 0.3 is 6.03 Å². The molecule has 0 saturated heterocycles. The fourth-order valence-corrected chi connectivity index (χ4v) is 3.36. The molecular formula is C16H20N4O2S. The van der Waals surface area contributed by atoms with Crippen LogP contribution in [-0.4, -0.2) is 26.7 Å². The van der Waals surface area contributed by atoms with Crippen molar-refractivity contribution in [1.82, 2.24) is 14.9 Å². The average Bonchev–Trinajstić information content (AvgIpc) is 2.82. The van der Waals surface area contributed by atoms with Crippen LogP contribution < -0.4 is 11.1 Å². The lowest BCUT2D eigenvalue weighted by molar-refractivity contribution is -0.120. The van der Waals surface area contributed by atoms with Gasteiger partial charge in [0.15, 0.2) is 5.16 Å². The van der Waals surface area contributed by atoms with Crippen LogP contribution in [0.15, 0.2) is 42.1 Å². The fraction of sp³-hybridized carbons (Fsp3) is 0.312. The lowest BCUT2D eigenvalue weighted by Crippen LogP contribution is -2.42. The first-order valence-corrected chi connectivity index (χ1v) is 8.15. The normalized spacial score (nSPS) is 12.3. The monoisotopic (exact) mass is 332 g/mol. The van der Waals surface area contributed by atoms with Gasteiger partial charge in [-0.25, -0.2) is 9.78 Å². The van der Waals surface area contributed by atoms with Crippen LogP contribution in [0.5, 0.6) is 0 Å². The Kier molecular flexibility index (Phi) is 5.44. The number of hydrogen-bond acceptors (Lipinski definition) is 4. The van der Waals surface area contributed by atoms with Crippen molar-refractivity contribution in [3.05, 3.63) is 36.9 Å². The summed E-state index contributed by atoms with van der Waals surface area (Å²) in [5.74, 6) is -0.397. The third-order valence-corrected chi connectivity index (χ3v) is 4.81. The maximum Gasteiger partial charge on any atom is 0.318 e. The van der Waals surface area contributed by atoms with E-state index in [1.165, 1.54) is 11.8 Å². The van der Waals surface area contributed by atoms with Gasteiger partial charge in [0, 0.05) is 6.54 Å². The lowest BCUT2D eigenvalue weighted by atomic mass is 10.1. The number of benzene rings is 1. The molecule has 3 amide bonds. The SMILES string of the molecule is C=CCn1c(SC(C(=O)NC(N)=O)C(C)C)nc2ccccc21. The van der Waals surface area contributed by atoms with E-state index in [0.717, 1.165) is 11.0 Å². The molecule has 0 aliphatic rings. The predicted octanol–water partition coefficient (Wildman–Crippen LogP) is 2.53. The second-order valence-electron chi connectivity index (χ2n) is 5.42. The molecule has 0 spiro atoms. The highest BCUT2D eigenvalue weighted by molar-refractivity contribution is 8.00. The highest BCUT2D eigenvalue weighted by Crippen LogP contribution is 2.30. The summed E-state index contributed by atoms with van der Waals surface area (Å²) in [6.45, 7) is 8.19. The van der Waals surface area contributed by atoms with Gasteiger partial charge in [-0.2, -0.15) is 0 Å². The maximum atomic E-state index is 12.2. The zero-order valence-corrected chi connectivity index (χ0v) is 14.0. The highest BCUT2D eigenvalue weighted by atomic mass is 32.2. The van der Waals surface area contributed by atoms with Gasteiger partial charge in [0.1, 0.15) is 0 Å². The molecule has 23 heavy (non-hydrogen) atoms. The fourth-order valence-electron chi connectivity index (χ4n) is 2.25. The summed E-state index contributed by atoms with van der Waals surface area (Å²) in [6.07, 6.45) is 1.78. The number of imide groups is 1. The number of hydrogen-bond donors (Lipinski definition) is 2. The number of carbonyl (C=O) groups is 2. The van der Waals surface area contributed by atoms with Gasteiger partial charge in [0.25, 0.3) is 0 Å². The number of nitrogens with zero attached hydrogens (tertiary/aromatic N) is 2. The Morgan fingerprint density at radius 2 is 2.13 bits per heavy atom. The van der Waals surface area contributed by atoms with E-state index in [-0.39, 0.29) is 5.92 Å². The van der Waals surface area contributed by atoms with E-state index in [1.54, 1.807) is 6.08 Å². The maximum absolute atomic E-state index is 12.2. The van der Waals surface area contributed by atoms with Crippen LogP contribution in [0.3, 0.4) is 0 Å². The van der Waals surface area contributed by atoms with Gasteiger partial charge in [-0.15, -0.1) is 6.58 Å².